The van der Waals surface area contributed by atoms with Gasteiger partial charge in [-0.25, -0.2) is 4.39 Å². The summed E-state index contributed by atoms with van der Waals surface area (Å²) in [4.78, 5) is 0. The van der Waals surface area contributed by atoms with E-state index in [0.29, 0.717) is 17.3 Å². The van der Waals surface area contributed by atoms with Crippen molar-refractivity contribution < 1.29 is 4.39 Å². The average molecular weight is 308 g/mol. The first kappa shape index (κ1) is 15.1. The normalized spacial score (nSPS) is 11.4. The minimum Gasteiger partial charge on any atom is -0.380 e. The molecule has 0 radical (unpaired) electrons. The van der Waals surface area contributed by atoms with Crippen LogP contribution in [0, 0.1) is 5.82 Å². The zero-order chi connectivity index (χ0) is 14.8. The third-order valence-corrected chi connectivity index (χ3v) is 5.63. The fraction of sp³-hybridized carbons (Fsp3) is 0.250. The third-order valence-electron chi connectivity index (χ3n) is 3.23. The van der Waals surface area contributed by atoms with Crippen molar-refractivity contribution in [1.82, 2.24) is 0 Å². The Kier molecular flexibility index (Phi) is 4.51. The monoisotopic (exact) mass is 307 g/mol. The lowest BCUT2D eigenvalue weighted by molar-refractivity contribution is 0.628. The molecule has 0 spiro atoms. The number of hydrogen-bond acceptors (Lipinski definition) is 1. The highest BCUT2D eigenvalue weighted by Crippen LogP contribution is 2.22. The molecular formula is C16H19ClFNSi. The van der Waals surface area contributed by atoms with Crippen molar-refractivity contribution in [2.24, 2.45) is 0 Å². The van der Waals surface area contributed by atoms with E-state index in [9.17, 15) is 4.39 Å². The van der Waals surface area contributed by atoms with E-state index in [2.05, 4.69) is 49.2 Å². The number of anilines is 1. The molecule has 0 saturated carbocycles. The number of rotatable bonds is 4. The summed E-state index contributed by atoms with van der Waals surface area (Å²) in [6.07, 6.45) is 0. The fourth-order valence-corrected chi connectivity index (χ4v) is 3.30. The minimum absolute atomic E-state index is 0.286. The fourth-order valence-electron chi connectivity index (χ4n) is 1.95. The second kappa shape index (κ2) is 5.98. The Labute approximate surface area is 125 Å². The van der Waals surface area contributed by atoms with Crippen molar-refractivity contribution in [3.63, 3.8) is 0 Å². The number of nitrogens with one attached hydrogen (secondary N) is 1. The SMILES string of the molecule is C[Si](C)(C)c1ccc(CNc2cc(F)ccc2Cl)cc1. The first-order valence-corrected chi connectivity index (χ1v) is 10.5. The Bertz CT molecular complexity index is 590. The van der Waals surface area contributed by atoms with Crippen molar-refractivity contribution in [2.45, 2.75) is 26.2 Å². The smallest absolute Gasteiger partial charge is 0.125 e. The molecule has 0 aromatic heterocycles. The Morgan fingerprint density at radius 2 is 1.70 bits per heavy atom. The summed E-state index contributed by atoms with van der Waals surface area (Å²) in [5, 5.41) is 5.14. The van der Waals surface area contributed by atoms with Crippen LogP contribution >= 0.6 is 11.6 Å². The molecule has 20 heavy (non-hydrogen) atoms. The summed E-state index contributed by atoms with van der Waals surface area (Å²) in [7, 11) is -1.25. The van der Waals surface area contributed by atoms with Crippen LogP contribution in [0.3, 0.4) is 0 Å². The van der Waals surface area contributed by atoms with Gasteiger partial charge in [-0.1, -0.05) is 60.7 Å². The molecule has 0 heterocycles. The van der Waals surface area contributed by atoms with Gasteiger partial charge in [0.1, 0.15) is 5.82 Å². The van der Waals surface area contributed by atoms with Gasteiger partial charge >= 0.3 is 0 Å². The molecule has 2 aromatic rings. The second-order valence-corrected chi connectivity index (χ2v) is 11.4. The van der Waals surface area contributed by atoms with Gasteiger partial charge in [0.15, 0.2) is 0 Å². The first-order chi connectivity index (χ1) is 9.36. The van der Waals surface area contributed by atoms with Crippen LogP contribution in [0.4, 0.5) is 10.1 Å². The summed E-state index contributed by atoms with van der Waals surface area (Å²) < 4.78 is 13.2. The van der Waals surface area contributed by atoms with Crippen molar-refractivity contribution in [2.75, 3.05) is 5.32 Å². The Morgan fingerprint density at radius 3 is 2.30 bits per heavy atom. The van der Waals surface area contributed by atoms with Gasteiger partial charge in [-0.15, -0.1) is 0 Å². The van der Waals surface area contributed by atoms with Gasteiger partial charge in [0.2, 0.25) is 0 Å². The molecule has 0 bridgehead atoms. The van der Waals surface area contributed by atoms with Crippen LogP contribution in [-0.4, -0.2) is 8.07 Å². The van der Waals surface area contributed by atoms with Crippen molar-refractivity contribution in [3.05, 3.63) is 58.9 Å². The Morgan fingerprint density at radius 1 is 1.05 bits per heavy atom. The quantitative estimate of drug-likeness (QED) is 0.812. The molecule has 0 saturated heterocycles. The number of hydrogen-bond donors (Lipinski definition) is 1. The first-order valence-electron chi connectivity index (χ1n) is 6.64. The summed E-state index contributed by atoms with van der Waals surface area (Å²) in [5.41, 5.74) is 1.79. The third kappa shape index (κ3) is 3.84. The van der Waals surface area contributed by atoms with E-state index in [1.807, 2.05) is 0 Å². The van der Waals surface area contributed by atoms with Crippen LogP contribution in [0.15, 0.2) is 42.5 Å². The predicted molar refractivity (Wildman–Crippen MR) is 88.2 cm³/mol. The zero-order valence-corrected chi connectivity index (χ0v) is 13.8. The van der Waals surface area contributed by atoms with E-state index in [1.165, 1.54) is 17.3 Å². The highest BCUT2D eigenvalue weighted by Gasteiger charge is 2.15. The van der Waals surface area contributed by atoms with Gasteiger partial charge in [-0.3, -0.25) is 0 Å². The summed E-state index contributed by atoms with van der Waals surface area (Å²) in [5.74, 6) is -0.286. The lowest BCUT2D eigenvalue weighted by atomic mass is 10.2. The van der Waals surface area contributed by atoms with E-state index < -0.39 is 8.07 Å². The van der Waals surface area contributed by atoms with E-state index in [1.54, 1.807) is 6.07 Å². The largest absolute Gasteiger partial charge is 0.380 e. The van der Waals surface area contributed by atoms with Gasteiger partial charge in [0.25, 0.3) is 0 Å². The van der Waals surface area contributed by atoms with Crippen molar-refractivity contribution in [3.8, 4) is 0 Å². The molecule has 1 N–H and O–H groups in total. The maximum absolute atomic E-state index is 13.2. The van der Waals surface area contributed by atoms with Crippen LogP contribution in [0.25, 0.3) is 0 Å². The number of halogens is 2. The minimum atomic E-state index is -1.25. The highest BCUT2D eigenvalue weighted by molar-refractivity contribution is 6.88. The lowest BCUT2D eigenvalue weighted by Gasteiger charge is -2.17. The molecule has 2 rings (SSSR count). The van der Waals surface area contributed by atoms with E-state index in [0.717, 1.165) is 5.56 Å². The maximum atomic E-state index is 13.2. The van der Waals surface area contributed by atoms with Gasteiger partial charge in [0.05, 0.1) is 18.8 Å². The van der Waals surface area contributed by atoms with Gasteiger partial charge in [-0.2, -0.15) is 0 Å². The summed E-state index contributed by atoms with van der Waals surface area (Å²) >= 11 is 6.02. The van der Waals surface area contributed by atoms with Gasteiger partial charge in [-0.05, 0) is 23.8 Å². The maximum Gasteiger partial charge on any atom is 0.125 e. The lowest BCUT2D eigenvalue weighted by Crippen LogP contribution is -2.37. The van der Waals surface area contributed by atoms with E-state index >= 15 is 0 Å². The average Bonchev–Trinajstić information content (AvgIpc) is 2.39. The Hall–Kier alpha value is -1.32. The second-order valence-electron chi connectivity index (χ2n) is 5.92. The molecule has 106 valence electrons. The molecule has 0 amide bonds. The molecule has 0 aliphatic rings. The molecule has 0 unspecified atom stereocenters. The molecule has 0 atom stereocenters. The van der Waals surface area contributed by atoms with E-state index in [4.69, 9.17) is 11.6 Å². The standard InChI is InChI=1S/C16H19ClFNSi/c1-20(2,3)14-7-4-12(5-8-14)11-19-16-10-13(18)6-9-15(16)17/h4-10,19H,11H2,1-3H3. The van der Waals surface area contributed by atoms with Crippen LogP contribution in [0.2, 0.25) is 24.7 Å². The van der Waals surface area contributed by atoms with Gasteiger partial charge in [0, 0.05) is 6.54 Å². The van der Waals surface area contributed by atoms with E-state index in [-0.39, 0.29) is 5.82 Å². The molecule has 1 nitrogen and oxygen atoms in total. The van der Waals surface area contributed by atoms with Crippen molar-refractivity contribution >= 4 is 30.5 Å². The van der Waals surface area contributed by atoms with Crippen molar-refractivity contribution in [1.29, 1.82) is 0 Å². The van der Waals surface area contributed by atoms with Gasteiger partial charge < -0.3 is 5.32 Å². The number of benzene rings is 2. The molecular weight excluding hydrogens is 289 g/mol. The molecule has 0 aliphatic heterocycles. The van der Waals surface area contributed by atoms with Crippen LogP contribution in [-0.2, 0) is 6.54 Å². The molecule has 0 fully saturated rings. The Balaban J connectivity index is 2.06. The predicted octanol–water partition coefficient (Wildman–Crippen LogP) is 4.64. The van der Waals surface area contributed by atoms with Crippen LogP contribution < -0.4 is 10.5 Å². The topological polar surface area (TPSA) is 12.0 Å². The zero-order valence-electron chi connectivity index (χ0n) is 12.0. The van der Waals surface area contributed by atoms with Crippen LogP contribution in [0.1, 0.15) is 5.56 Å². The van der Waals surface area contributed by atoms with Crippen LogP contribution in [0.5, 0.6) is 0 Å². The molecule has 0 aliphatic carbocycles. The summed E-state index contributed by atoms with van der Waals surface area (Å²) in [6, 6.07) is 13.0. The summed E-state index contributed by atoms with van der Waals surface area (Å²) in [6.45, 7) is 7.61. The molecule has 4 heteroatoms. The molecule has 2 aromatic carbocycles. The highest BCUT2D eigenvalue weighted by atomic mass is 35.5.